The molecule has 1 aromatic rings. The molecule has 27 heavy (non-hydrogen) atoms. The first kappa shape index (κ1) is 20.2. The number of rotatable bonds is 7. The van der Waals surface area contributed by atoms with Crippen LogP contribution in [0.2, 0.25) is 0 Å². The maximum atomic E-state index is 12.8. The number of carbonyl (C=O) groups is 1. The summed E-state index contributed by atoms with van der Waals surface area (Å²) < 4.78 is 11.3. The highest BCUT2D eigenvalue weighted by atomic mass is 16.5. The maximum Gasteiger partial charge on any atom is 0.223 e. The molecule has 0 aliphatic carbocycles. The van der Waals surface area contributed by atoms with Gasteiger partial charge in [0.25, 0.3) is 0 Å². The fraction of sp³-hybridized carbons (Fsp3) is 0.682. The van der Waals surface area contributed by atoms with Crippen LogP contribution in [0, 0.1) is 0 Å². The fourth-order valence-corrected chi connectivity index (χ4v) is 4.40. The second-order valence-electron chi connectivity index (χ2n) is 7.94. The number of amides is 1. The lowest BCUT2D eigenvalue weighted by Crippen LogP contribution is -2.50. The predicted molar refractivity (Wildman–Crippen MR) is 107 cm³/mol. The maximum absolute atomic E-state index is 12.8. The van der Waals surface area contributed by atoms with Gasteiger partial charge in [-0.1, -0.05) is 12.1 Å². The molecule has 2 fully saturated rings. The van der Waals surface area contributed by atoms with Crippen molar-refractivity contribution in [2.24, 2.45) is 0 Å². The van der Waals surface area contributed by atoms with Crippen molar-refractivity contribution in [3.63, 3.8) is 0 Å². The summed E-state index contributed by atoms with van der Waals surface area (Å²) in [4.78, 5) is 17.4. The number of hydrogen-bond donors (Lipinski definition) is 0. The zero-order valence-electron chi connectivity index (χ0n) is 17.0. The van der Waals surface area contributed by atoms with Crippen molar-refractivity contribution < 1.29 is 14.3 Å². The lowest BCUT2D eigenvalue weighted by atomic mass is 10.1. The Morgan fingerprint density at radius 2 is 1.89 bits per heavy atom. The van der Waals surface area contributed by atoms with Crippen LogP contribution in [0.5, 0.6) is 5.75 Å². The van der Waals surface area contributed by atoms with E-state index >= 15 is 0 Å². The van der Waals surface area contributed by atoms with E-state index in [0.717, 1.165) is 51.2 Å². The van der Waals surface area contributed by atoms with Gasteiger partial charge >= 0.3 is 0 Å². The zero-order valence-corrected chi connectivity index (χ0v) is 17.0. The topological polar surface area (TPSA) is 42.0 Å². The van der Waals surface area contributed by atoms with Gasteiger partial charge in [-0.05, 0) is 57.7 Å². The van der Waals surface area contributed by atoms with Crippen LogP contribution in [0.1, 0.15) is 45.6 Å². The number of morpholine rings is 1. The van der Waals surface area contributed by atoms with Gasteiger partial charge in [-0.25, -0.2) is 0 Å². The molecule has 1 aromatic carbocycles. The molecular weight excluding hydrogens is 340 g/mol. The van der Waals surface area contributed by atoms with Gasteiger partial charge < -0.3 is 14.4 Å². The molecular formula is C22H34N2O3. The Hall–Kier alpha value is -1.59. The summed E-state index contributed by atoms with van der Waals surface area (Å²) in [5, 5.41) is 0. The second-order valence-corrected chi connectivity index (χ2v) is 7.94. The summed E-state index contributed by atoms with van der Waals surface area (Å²) in [5.41, 5.74) is 1.19. The van der Waals surface area contributed by atoms with E-state index in [1.54, 1.807) is 0 Å². The largest absolute Gasteiger partial charge is 0.494 e. The minimum Gasteiger partial charge on any atom is -0.494 e. The Morgan fingerprint density at radius 1 is 1.19 bits per heavy atom. The molecule has 150 valence electrons. The number of benzene rings is 1. The number of hydrogen-bond acceptors (Lipinski definition) is 4. The van der Waals surface area contributed by atoms with Gasteiger partial charge in [-0.2, -0.15) is 0 Å². The monoisotopic (exact) mass is 374 g/mol. The Balaban J connectivity index is 1.49. The number of ether oxygens (including phenoxy) is 2. The van der Waals surface area contributed by atoms with Gasteiger partial charge in [0.05, 0.1) is 18.8 Å². The molecule has 2 aliphatic rings. The molecule has 3 unspecified atom stereocenters. The normalized spacial score (nSPS) is 26.3. The van der Waals surface area contributed by atoms with Crippen LogP contribution in [-0.4, -0.2) is 66.7 Å². The summed E-state index contributed by atoms with van der Waals surface area (Å²) in [6, 6.07) is 8.47. The molecule has 5 nitrogen and oxygen atoms in total. The number of nitrogens with zero attached hydrogens (tertiary/aromatic N) is 2. The lowest BCUT2D eigenvalue weighted by Gasteiger charge is -2.38. The molecule has 0 spiro atoms. The van der Waals surface area contributed by atoms with Crippen molar-refractivity contribution in [3.8, 4) is 5.75 Å². The second kappa shape index (κ2) is 9.56. The van der Waals surface area contributed by atoms with Crippen molar-refractivity contribution in [1.82, 2.24) is 9.80 Å². The van der Waals surface area contributed by atoms with Crippen LogP contribution < -0.4 is 4.74 Å². The van der Waals surface area contributed by atoms with Crippen LogP contribution in [-0.2, 0) is 16.0 Å². The summed E-state index contributed by atoms with van der Waals surface area (Å²) in [5.74, 6) is 1.18. The molecule has 0 saturated carbocycles. The predicted octanol–water partition coefficient (Wildman–Crippen LogP) is 3.12. The molecule has 0 bridgehead atoms. The van der Waals surface area contributed by atoms with Gasteiger partial charge in [0, 0.05) is 38.6 Å². The first-order valence-electron chi connectivity index (χ1n) is 10.4. The number of carbonyl (C=O) groups excluding carboxylic acids is 1. The third-order valence-corrected chi connectivity index (χ3v) is 5.52. The van der Waals surface area contributed by atoms with Gasteiger partial charge in [0.1, 0.15) is 5.75 Å². The number of likely N-dealkylation sites (tertiary alicyclic amines) is 1. The average molecular weight is 375 g/mol. The summed E-state index contributed by atoms with van der Waals surface area (Å²) >= 11 is 0. The Morgan fingerprint density at radius 3 is 2.56 bits per heavy atom. The first-order valence-corrected chi connectivity index (χ1v) is 10.4. The van der Waals surface area contributed by atoms with Crippen molar-refractivity contribution in [2.45, 2.75) is 64.7 Å². The van der Waals surface area contributed by atoms with E-state index in [1.807, 2.05) is 19.1 Å². The molecule has 2 heterocycles. The highest BCUT2D eigenvalue weighted by molar-refractivity contribution is 5.77. The minimum atomic E-state index is 0.277. The summed E-state index contributed by atoms with van der Waals surface area (Å²) in [7, 11) is 0. The fourth-order valence-electron chi connectivity index (χ4n) is 4.40. The molecule has 3 atom stereocenters. The summed E-state index contributed by atoms with van der Waals surface area (Å²) in [6.07, 6.45) is 4.17. The summed E-state index contributed by atoms with van der Waals surface area (Å²) in [6.45, 7) is 10.7. The van der Waals surface area contributed by atoms with Crippen molar-refractivity contribution in [2.75, 3.05) is 32.8 Å². The highest BCUT2D eigenvalue weighted by Crippen LogP contribution is 2.22. The van der Waals surface area contributed by atoms with Crippen molar-refractivity contribution >= 4 is 5.91 Å². The lowest BCUT2D eigenvalue weighted by molar-refractivity contribution is -0.133. The van der Waals surface area contributed by atoms with E-state index in [9.17, 15) is 4.79 Å². The van der Waals surface area contributed by atoms with Crippen LogP contribution in [0.4, 0.5) is 0 Å². The van der Waals surface area contributed by atoms with E-state index in [1.165, 1.54) is 5.56 Å². The molecule has 2 saturated heterocycles. The number of aryl methyl sites for hydroxylation is 1. The molecule has 0 aromatic heterocycles. The standard InChI is InChI=1S/C22H34N2O3/c1-4-26-21-10-7-19(8-11-21)9-12-22(25)24-13-5-6-20(24)16-23-14-17(2)27-18(3)15-23/h7-8,10-11,17-18,20H,4-6,9,12-16H2,1-3H3. The SMILES string of the molecule is CCOc1ccc(CCC(=O)N2CCCC2CN2CC(C)OC(C)C2)cc1. The van der Waals surface area contributed by atoms with Crippen LogP contribution in [0.25, 0.3) is 0 Å². The quantitative estimate of drug-likeness (QED) is 0.735. The molecule has 5 heteroatoms. The average Bonchev–Trinajstić information content (AvgIpc) is 3.08. The van der Waals surface area contributed by atoms with Crippen molar-refractivity contribution in [3.05, 3.63) is 29.8 Å². The van der Waals surface area contributed by atoms with E-state index in [-0.39, 0.29) is 12.2 Å². The van der Waals surface area contributed by atoms with E-state index < -0.39 is 0 Å². The van der Waals surface area contributed by atoms with Gasteiger partial charge in [0.2, 0.25) is 5.91 Å². The van der Waals surface area contributed by atoms with Crippen LogP contribution in [0.3, 0.4) is 0 Å². The Labute approximate surface area is 163 Å². The molecule has 0 N–H and O–H groups in total. The van der Waals surface area contributed by atoms with E-state index in [2.05, 4.69) is 35.8 Å². The van der Waals surface area contributed by atoms with Gasteiger partial charge in [-0.3, -0.25) is 9.69 Å². The third-order valence-electron chi connectivity index (χ3n) is 5.52. The zero-order chi connectivity index (χ0) is 19.2. The minimum absolute atomic E-state index is 0.277. The van der Waals surface area contributed by atoms with Crippen LogP contribution >= 0.6 is 0 Å². The highest BCUT2D eigenvalue weighted by Gasteiger charge is 2.32. The third kappa shape index (κ3) is 5.69. The molecule has 0 radical (unpaired) electrons. The molecule has 2 aliphatic heterocycles. The van der Waals surface area contributed by atoms with Crippen molar-refractivity contribution in [1.29, 1.82) is 0 Å². The Bertz CT molecular complexity index is 594. The molecule has 3 rings (SSSR count). The Kier molecular flexibility index (Phi) is 7.13. The smallest absolute Gasteiger partial charge is 0.223 e. The van der Waals surface area contributed by atoms with E-state index in [4.69, 9.17) is 9.47 Å². The first-order chi connectivity index (χ1) is 13.0. The van der Waals surface area contributed by atoms with Crippen LogP contribution in [0.15, 0.2) is 24.3 Å². The molecule has 1 amide bonds. The van der Waals surface area contributed by atoms with E-state index in [0.29, 0.717) is 25.0 Å². The van der Waals surface area contributed by atoms with Gasteiger partial charge in [-0.15, -0.1) is 0 Å². The van der Waals surface area contributed by atoms with Gasteiger partial charge in [0.15, 0.2) is 0 Å².